The van der Waals surface area contributed by atoms with Crippen molar-refractivity contribution < 1.29 is 14.3 Å². The van der Waals surface area contributed by atoms with Crippen molar-refractivity contribution in [2.75, 3.05) is 19.5 Å². The number of rotatable bonds is 5. The number of carbonyl (C=O) groups excluding carboxylic acids is 1. The fraction of sp³-hybridized carbons (Fsp3) is 0.208. The molecule has 158 valence electrons. The van der Waals surface area contributed by atoms with Crippen LogP contribution < -0.4 is 14.8 Å². The number of aromatic nitrogens is 3. The summed E-state index contributed by atoms with van der Waals surface area (Å²) in [5.41, 5.74) is 5.18. The van der Waals surface area contributed by atoms with Crippen LogP contribution in [0.25, 0.3) is 16.7 Å². The van der Waals surface area contributed by atoms with Crippen molar-refractivity contribution in [2.45, 2.75) is 20.8 Å². The topological polar surface area (TPSA) is 78.3 Å². The van der Waals surface area contributed by atoms with E-state index in [2.05, 4.69) is 15.4 Å². The number of ether oxygens (including phenoxy) is 2. The third kappa shape index (κ3) is 3.82. The largest absolute Gasteiger partial charge is 0.497 e. The summed E-state index contributed by atoms with van der Waals surface area (Å²) >= 11 is 0. The predicted octanol–water partition coefficient (Wildman–Crippen LogP) is 4.62. The van der Waals surface area contributed by atoms with Crippen LogP contribution in [-0.4, -0.2) is 34.9 Å². The van der Waals surface area contributed by atoms with E-state index in [0.29, 0.717) is 33.8 Å². The quantitative estimate of drug-likeness (QED) is 0.514. The molecule has 2 aromatic heterocycles. The van der Waals surface area contributed by atoms with Crippen molar-refractivity contribution in [1.82, 2.24) is 14.8 Å². The second-order valence-electron chi connectivity index (χ2n) is 7.36. The van der Waals surface area contributed by atoms with E-state index in [1.54, 1.807) is 43.2 Å². The van der Waals surface area contributed by atoms with E-state index in [9.17, 15) is 4.79 Å². The Hall–Kier alpha value is -3.87. The highest BCUT2D eigenvalue weighted by Gasteiger charge is 2.20. The highest BCUT2D eigenvalue weighted by atomic mass is 16.5. The molecule has 0 bridgehead atoms. The van der Waals surface area contributed by atoms with Gasteiger partial charge in [0.05, 0.1) is 42.2 Å². The van der Waals surface area contributed by atoms with Crippen molar-refractivity contribution in [1.29, 1.82) is 0 Å². The molecule has 2 aromatic carbocycles. The molecule has 2 heterocycles. The molecule has 7 nitrogen and oxygen atoms in total. The normalized spacial score (nSPS) is 10.9. The van der Waals surface area contributed by atoms with Crippen LogP contribution in [0.1, 0.15) is 27.3 Å². The van der Waals surface area contributed by atoms with Gasteiger partial charge in [-0.15, -0.1) is 0 Å². The number of nitrogens with one attached hydrogen (secondary N) is 1. The van der Waals surface area contributed by atoms with Crippen LogP contribution in [0.2, 0.25) is 0 Å². The lowest BCUT2D eigenvalue weighted by Gasteiger charge is -2.13. The van der Waals surface area contributed by atoms with Crippen LogP contribution in [0.3, 0.4) is 0 Å². The molecule has 0 fully saturated rings. The van der Waals surface area contributed by atoms with Gasteiger partial charge in [0.25, 0.3) is 5.91 Å². The molecule has 31 heavy (non-hydrogen) atoms. The summed E-state index contributed by atoms with van der Waals surface area (Å²) in [6, 6.07) is 15.1. The maximum atomic E-state index is 13.3. The molecule has 0 aliphatic carbocycles. The van der Waals surface area contributed by atoms with E-state index in [1.807, 2.05) is 45.0 Å². The van der Waals surface area contributed by atoms with Crippen molar-refractivity contribution in [3.8, 4) is 17.2 Å². The average molecular weight is 416 g/mol. The first-order chi connectivity index (χ1) is 14.9. The molecule has 4 aromatic rings. The first kappa shape index (κ1) is 20.4. The summed E-state index contributed by atoms with van der Waals surface area (Å²) in [7, 11) is 3.13. The number of carbonyl (C=O) groups is 1. The summed E-state index contributed by atoms with van der Waals surface area (Å²) in [4.78, 5) is 18.0. The van der Waals surface area contributed by atoms with Crippen LogP contribution in [0.5, 0.6) is 11.5 Å². The van der Waals surface area contributed by atoms with Crippen LogP contribution in [-0.2, 0) is 0 Å². The number of aryl methyl sites for hydroxylation is 3. The van der Waals surface area contributed by atoms with Crippen molar-refractivity contribution in [3.63, 3.8) is 0 Å². The summed E-state index contributed by atoms with van der Waals surface area (Å²) in [5, 5.41) is 8.33. The summed E-state index contributed by atoms with van der Waals surface area (Å²) in [5.74, 6) is 0.896. The molecule has 0 aliphatic rings. The molecule has 1 N–H and O–H groups in total. The van der Waals surface area contributed by atoms with E-state index in [1.165, 1.54) is 0 Å². The Kier molecular flexibility index (Phi) is 5.33. The number of hydrogen-bond acceptors (Lipinski definition) is 5. The zero-order valence-electron chi connectivity index (χ0n) is 18.2. The highest BCUT2D eigenvalue weighted by molar-refractivity contribution is 6.13. The average Bonchev–Trinajstić information content (AvgIpc) is 3.09. The molecule has 0 spiro atoms. The molecule has 0 radical (unpaired) electrons. The predicted molar refractivity (Wildman–Crippen MR) is 121 cm³/mol. The molecule has 7 heteroatoms. The number of methoxy groups -OCH3 is 2. The monoisotopic (exact) mass is 416 g/mol. The Morgan fingerprint density at radius 2 is 1.71 bits per heavy atom. The lowest BCUT2D eigenvalue weighted by Crippen LogP contribution is -2.14. The first-order valence-electron chi connectivity index (χ1n) is 9.88. The Balaban J connectivity index is 1.81. The van der Waals surface area contributed by atoms with E-state index in [-0.39, 0.29) is 5.91 Å². The molecule has 1 amide bonds. The van der Waals surface area contributed by atoms with Crippen LogP contribution in [0.4, 0.5) is 5.69 Å². The third-order valence-corrected chi connectivity index (χ3v) is 5.12. The van der Waals surface area contributed by atoms with E-state index in [4.69, 9.17) is 9.47 Å². The van der Waals surface area contributed by atoms with Crippen molar-refractivity contribution >= 4 is 22.6 Å². The smallest absolute Gasteiger partial charge is 0.256 e. The summed E-state index contributed by atoms with van der Waals surface area (Å²) in [6.45, 7) is 5.78. The Morgan fingerprint density at radius 3 is 2.39 bits per heavy atom. The zero-order valence-corrected chi connectivity index (χ0v) is 18.2. The lowest BCUT2D eigenvalue weighted by atomic mass is 10.1. The summed E-state index contributed by atoms with van der Waals surface area (Å²) in [6.07, 6.45) is 0. The minimum atomic E-state index is -0.270. The fourth-order valence-electron chi connectivity index (χ4n) is 3.56. The number of benzene rings is 2. The van der Waals surface area contributed by atoms with Gasteiger partial charge in [0, 0.05) is 11.8 Å². The molecule has 0 aliphatic heterocycles. The summed E-state index contributed by atoms with van der Waals surface area (Å²) < 4.78 is 12.4. The van der Waals surface area contributed by atoms with E-state index >= 15 is 0 Å². The number of fused-ring (bicyclic) bond motifs is 1. The van der Waals surface area contributed by atoms with Gasteiger partial charge in [0.1, 0.15) is 11.5 Å². The molecular weight excluding hydrogens is 392 g/mol. The second-order valence-corrected chi connectivity index (χ2v) is 7.36. The maximum absolute atomic E-state index is 13.3. The van der Waals surface area contributed by atoms with Gasteiger partial charge >= 0.3 is 0 Å². The Labute approximate surface area is 180 Å². The number of nitrogens with zero attached hydrogens (tertiary/aromatic N) is 3. The minimum absolute atomic E-state index is 0.270. The van der Waals surface area contributed by atoms with Gasteiger partial charge in [-0.2, -0.15) is 5.10 Å². The fourth-order valence-corrected chi connectivity index (χ4v) is 3.56. The van der Waals surface area contributed by atoms with Gasteiger partial charge in [0.2, 0.25) is 0 Å². The number of amides is 1. The molecule has 0 atom stereocenters. The van der Waals surface area contributed by atoms with Gasteiger partial charge in [-0.1, -0.05) is 17.7 Å². The van der Waals surface area contributed by atoms with Crippen LogP contribution in [0.15, 0.2) is 48.5 Å². The zero-order chi connectivity index (χ0) is 22.1. The Bertz CT molecular complexity index is 1280. The molecule has 4 rings (SSSR count). The van der Waals surface area contributed by atoms with Gasteiger partial charge in [-0.05, 0) is 51.1 Å². The minimum Gasteiger partial charge on any atom is -0.497 e. The molecule has 0 saturated carbocycles. The highest BCUT2D eigenvalue weighted by Crippen LogP contribution is 2.31. The maximum Gasteiger partial charge on any atom is 0.256 e. The van der Waals surface area contributed by atoms with Crippen LogP contribution >= 0.6 is 0 Å². The van der Waals surface area contributed by atoms with Crippen LogP contribution in [0, 0.1) is 20.8 Å². The molecule has 0 saturated heterocycles. The number of anilines is 1. The van der Waals surface area contributed by atoms with Gasteiger partial charge in [-0.25, -0.2) is 9.67 Å². The van der Waals surface area contributed by atoms with Gasteiger partial charge in [-0.3, -0.25) is 4.79 Å². The number of pyridine rings is 1. The molecule has 0 unspecified atom stereocenters. The lowest BCUT2D eigenvalue weighted by molar-refractivity contribution is 0.102. The molecular formula is C24H24N4O3. The standard InChI is InChI=1S/C24H24N4O3/c1-14-6-8-17(9-7-14)28-23-22(16(3)27-28)19(12-15(2)25-23)24(29)26-20-13-18(30-4)10-11-21(20)31-5/h6-13H,1-5H3,(H,26,29). The van der Waals surface area contributed by atoms with E-state index < -0.39 is 0 Å². The van der Waals surface area contributed by atoms with Crippen molar-refractivity contribution in [2.24, 2.45) is 0 Å². The van der Waals surface area contributed by atoms with Gasteiger partial charge in [0.15, 0.2) is 5.65 Å². The second kappa shape index (κ2) is 8.10. The first-order valence-corrected chi connectivity index (χ1v) is 9.88. The number of hydrogen-bond donors (Lipinski definition) is 1. The Morgan fingerprint density at radius 1 is 0.968 bits per heavy atom. The third-order valence-electron chi connectivity index (χ3n) is 5.12. The van der Waals surface area contributed by atoms with Crippen molar-refractivity contribution in [3.05, 3.63) is 71.0 Å². The van der Waals surface area contributed by atoms with E-state index in [0.717, 1.165) is 22.6 Å². The SMILES string of the molecule is COc1ccc(OC)c(NC(=O)c2cc(C)nc3c2c(C)nn3-c2ccc(C)cc2)c1. The van der Waals surface area contributed by atoms with Gasteiger partial charge < -0.3 is 14.8 Å².